The van der Waals surface area contributed by atoms with E-state index in [4.69, 9.17) is 9.47 Å². The first-order valence-electron chi connectivity index (χ1n) is 10.5. The summed E-state index contributed by atoms with van der Waals surface area (Å²) >= 11 is 0. The second kappa shape index (κ2) is 11.0. The topological polar surface area (TPSA) is 137 Å². The van der Waals surface area contributed by atoms with Crippen LogP contribution < -0.4 is 19.5 Å². The van der Waals surface area contributed by atoms with Gasteiger partial charge in [0.1, 0.15) is 6.04 Å². The van der Waals surface area contributed by atoms with Gasteiger partial charge in [0, 0.05) is 18.2 Å². The van der Waals surface area contributed by atoms with Crippen LogP contribution in [-0.2, 0) is 21.2 Å². The molecule has 0 spiro atoms. The van der Waals surface area contributed by atoms with Crippen molar-refractivity contribution in [2.24, 2.45) is 0 Å². The van der Waals surface area contributed by atoms with Crippen LogP contribution in [0.25, 0.3) is 0 Å². The number of hydrogen-bond acceptors (Lipinski definition) is 7. The number of hydrogen-bond donors (Lipinski definition) is 2. The highest BCUT2D eigenvalue weighted by atomic mass is 32.2. The lowest BCUT2D eigenvalue weighted by Gasteiger charge is -2.20. The molecule has 35 heavy (non-hydrogen) atoms. The van der Waals surface area contributed by atoms with E-state index < -0.39 is 26.9 Å². The fourth-order valence-electron chi connectivity index (χ4n) is 3.35. The van der Waals surface area contributed by atoms with Gasteiger partial charge in [0.15, 0.2) is 11.5 Å². The van der Waals surface area contributed by atoms with Crippen molar-refractivity contribution in [3.8, 4) is 11.5 Å². The van der Waals surface area contributed by atoms with Crippen LogP contribution in [0.1, 0.15) is 11.1 Å². The lowest BCUT2D eigenvalue weighted by Crippen LogP contribution is -2.45. The Labute approximate surface area is 203 Å². The van der Waals surface area contributed by atoms with E-state index in [0.717, 1.165) is 5.56 Å². The van der Waals surface area contributed by atoms with Gasteiger partial charge in [-0.2, -0.15) is 4.72 Å². The van der Waals surface area contributed by atoms with Gasteiger partial charge in [-0.1, -0.05) is 36.4 Å². The predicted molar refractivity (Wildman–Crippen MR) is 130 cm³/mol. The molecule has 0 saturated carbocycles. The molecular formula is C24H25N3O7S. The number of non-ortho nitro benzene ring substituents is 1. The summed E-state index contributed by atoms with van der Waals surface area (Å²) in [5.41, 5.74) is 1.33. The van der Waals surface area contributed by atoms with E-state index in [1.165, 1.54) is 50.6 Å². The molecule has 11 heteroatoms. The number of carbonyl (C=O) groups excluding carboxylic acids is 1. The third-order valence-corrected chi connectivity index (χ3v) is 6.72. The minimum Gasteiger partial charge on any atom is -0.493 e. The van der Waals surface area contributed by atoms with E-state index in [1.54, 1.807) is 37.3 Å². The van der Waals surface area contributed by atoms with Crippen LogP contribution in [0.15, 0.2) is 71.6 Å². The summed E-state index contributed by atoms with van der Waals surface area (Å²) in [7, 11) is -1.35. The number of methoxy groups -OCH3 is 2. The van der Waals surface area contributed by atoms with Gasteiger partial charge in [0.05, 0.1) is 29.7 Å². The van der Waals surface area contributed by atoms with Gasteiger partial charge < -0.3 is 14.8 Å². The molecule has 0 aromatic heterocycles. The maximum atomic E-state index is 13.2. The maximum absolute atomic E-state index is 13.2. The van der Waals surface area contributed by atoms with Gasteiger partial charge in [-0.3, -0.25) is 14.9 Å². The van der Waals surface area contributed by atoms with E-state index in [1.807, 2.05) is 0 Å². The zero-order valence-electron chi connectivity index (χ0n) is 19.3. The van der Waals surface area contributed by atoms with Gasteiger partial charge in [0.25, 0.3) is 5.69 Å². The molecule has 3 rings (SSSR count). The van der Waals surface area contributed by atoms with E-state index in [-0.39, 0.29) is 28.4 Å². The number of nitro groups is 1. The van der Waals surface area contributed by atoms with Crippen molar-refractivity contribution in [1.82, 2.24) is 4.72 Å². The monoisotopic (exact) mass is 499 g/mol. The fraction of sp³-hybridized carbons (Fsp3) is 0.208. The summed E-state index contributed by atoms with van der Waals surface area (Å²) in [6.45, 7) is 1.68. The third-order valence-electron chi connectivity index (χ3n) is 5.25. The Hall–Kier alpha value is -3.96. The lowest BCUT2D eigenvalue weighted by molar-refractivity contribution is -0.384. The Morgan fingerprint density at radius 1 is 1.00 bits per heavy atom. The van der Waals surface area contributed by atoms with Crippen LogP contribution in [-0.4, -0.2) is 39.5 Å². The Bertz CT molecular complexity index is 1330. The van der Waals surface area contributed by atoms with Crippen LogP contribution >= 0.6 is 0 Å². The van der Waals surface area contributed by atoms with E-state index >= 15 is 0 Å². The Kier molecular flexibility index (Phi) is 8.05. The van der Waals surface area contributed by atoms with E-state index in [2.05, 4.69) is 10.0 Å². The summed E-state index contributed by atoms with van der Waals surface area (Å²) < 4.78 is 39.2. The molecule has 0 bridgehead atoms. The molecule has 0 aliphatic heterocycles. The molecule has 3 aromatic rings. The first-order chi connectivity index (χ1) is 16.6. The van der Waals surface area contributed by atoms with E-state index in [9.17, 15) is 23.3 Å². The molecule has 0 saturated heterocycles. The highest BCUT2D eigenvalue weighted by Gasteiger charge is 2.28. The molecule has 3 aromatic carbocycles. The van der Waals surface area contributed by atoms with Gasteiger partial charge in [-0.05, 0) is 36.6 Å². The number of aryl methyl sites for hydroxylation is 1. The smallest absolute Gasteiger partial charge is 0.271 e. The average molecular weight is 500 g/mol. The van der Waals surface area contributed by atoms with Crippen molar-refractivity contribution in [2.45, 2.75) is 24.3 Å². The third kappa shape index (κ3) is 6.34. The molecule has 0 aliphatic carbocycles. The van der Waals surface area contributed by atoms with Crippen LogP contribution in [0.5, 0.6) is 11.5 Å². The van der Waals surface area contributed by atoms with Crippen molar-refractivity contribution in [3.05, 3.63) is 88.0 Å². The van der Waals surface area contributed by atoms with Gasteiger partial charge in [-0.25, -0.2) is 8.42 Å². The minimum atomic E-state index is -4.16. The quantitative estimate of drug-likeness (QED) is 0.322. The molecule has 1 amide bonds. The lowest BCUT2D eigenvalue weighted by atomic mass is 10.1. The number of rotatable bonds is 10. The number of ether oxygens (including phenoxy) is 2. The zero-order valence-corrected chi connectivity index (χ0v) is 20.2. The predicted octanol–water partition coefficient (Wildman–Crippen LogP) is 3.45. The molecule has 10 nitrogen and oxygen atoms in total. The van der Waals surface area contributed by atoms with Crippen LogP contribution in [0.4, 0.5) is 11.4 Å². The summed E-state index contributed by atoms with van der Waals surface area (Å²) in [4.78, 5) is 23.7. The molecule has 2 N–H and O–H groups in total. The van der Waals surface area contributed by atoms with Gasteiger partial charge >= 0.3 is 0 Å². The highest BCUT2D eigenvalue weighted by molar-refractivity contribution is 7.89. The first-order valence-corrected chi connectivity index (χ1v) is 12.0. The standard InChI is InChI=1S/C24H25N3O7S/c1-16-9-10-18(27(29)30)14-20(16)25-24(28)21(13-17-7-5-4-6-8-17)26-35(31,32)19-11-12-22(33-2)23(15-19)34-3/h4-12,14-15,21,26H,13H2,1-3H3,(H,25,28)/t21-/m1/s1. The Morgan fingerprint density at radius 2 is 1.69 bits per heavy atom. The number of sulfonamides is 1. The molecule has 0 heterocycles. The van der Waals surface area contributed by atoms with Gasteiger partial charge in [-0.15, -0.1) is 0 Å². The van der Waals surface area contributed by atoms with Crippen LogP contribution in [0, 0.1) is 17.0 Å². The minimum absolute atomic E-state index is 0.0488. The number of nitro benzene ring substituents is 1. The summed E-state index contributed by atoms with van der Waals surface area (Å²) in [5.74, 6) is -0.0978. The molecule has 0 aliphatic rings. The maximum Gasteiger partial charge on any atom is 0.271 e. The largest absolute Gasteiger partial charge is 0.493 e. The number of amides is 1. The molecular weight excluding hydrogens is 474 g/mol. The molecule has 0 fully saturated rings. The summed E-state index contributed by atoms with van der Waals surface area (Å²) in [5, 5.41) is 13.8. The van der Waals surface area contributed by atoms with Crippen LogP contribution in [0.2, 0.25) is 0 Å². The molecule has 184 valence electrons. The molecule has 0 unspecified atom stereocenters. The molecule has 1 atom stereocenters. The Balaban J connectivity index is 1.93. The number of carbonyl (C=O) groups is 1. The van der Waals surface area contributed by atoms with E-state index in [0.29, 0.717) is 11.3 Å². The van der Waals surface area contributed by atoms with Crippen molar-refractivity contribution in [1.29, 1.82) is 0 Å². The van der Waals surface area contributed by atoms with Crippen LogP contribution in [0.3, 0.4) is 0 Å². The fourth-order valence-corrected chi connectivity index (χ4v) is 4.57. The van der Waals surface area contributed by atoms with Crippen molar-refractivity contribution in [2.75, 3.05) is 19.5 Å². The second-order valence-electron chi connectivity index (χ2n) is 7.63. The second-order valence-corrected chi connectivity index (χ2v) is 9.34. The zero-order chi connectivity index (χ0) is 25.6. The van der Waals surface area contributed by atoms with Crippen molar-refractivity contribution >= 4 is 27.3 Å². The number of nitrogens with one attached hydrogen (secondary N) is 2. The highest BCUT2D eigenvalue weighted by Crippen LogP contribution is 2.29. The number of nitrogens with zero attached hydrogens (tertiary/aromatic N) is 1. The Morgan fingerprint density at radius 3 is 2.31 bits per heavy atom. The average Bonchev–Trinajstić information content (AvgIpc) is 2.84. The first kappa shape index (κ1) is 25.7. The van der Waals surface area contributed by atoms with Crippen molar-refractivity contribution in [3.63, 3.8) is 0 Å². The van der Waals surface area contributed by atoms with Crippen molar-refractivity contribution < 1.29 is 27.6 Å². The summed E-state index contributed by atoms with van der Waals surface area (Å²) in [6, 6.07) is 15.8. The SMILES string of the molecule is COc1ccc(S(=O)(=O)N[C@H](Cc2ccccc2)C(=O)Nc2cc([N+](=O)[O-])ccc2C)cc1OC. The number of anilines is 1. The van der Waals surface area contributed by atoms with Gasteiger partial charge in [0.2, 0.25) is 15.9 Å². The normalized spacial score (nSPS) is 12.0. The summed E-state index contributed by atoms with van der Waals surface area (Å²) in [6.07, 6.45) is 0.0488. The molecule has 0 radical (unpaired) electrons. The number of benzene rings is 3.